The Morgan fingerprint density at radius 1 is 1.30 bits per heavy atom. The molecule has 0 saturated carbocycles. The Morgan fingerprint density at radius 3 is 2.74 bits per heavy atom. The van der Waals surface area contributed by atoms with Crippen LogP contribution in [0.1, 0.15) is 38.5 Å². The Balaban J connectivity index is 1.38. The van der Waals surface area contributed by atoms with Crippen LogP contribution in [-0.4, -0.2) is 71.9 Å². The normalized spacial score (nSPS) is 28.2. The first kappa shape index (κ1) is 19.8. The van der Waals surface area contributed by atoms with E-state index in [2.05, 4.69) is 10.6 Å². The van der Waals surface area contributed by atoms with E-state index in [-0.39, 0.29) is 55.3 Å². The number of hydrogen-bond acceptors (Lipinski definition) is 6. The molecule has 0 aromatic rings. The lowest BCUT2D eigenvalue weighted by Crippen LogP contribution is -2.47. The molecule has 3 rings (SSSR count). The number of carbonyl (C=O) groups is 4. The third-order valence-electron chi connectivity index (χ3n) is 5.66. The number of carbonyl (C=O) groups excluding carboxylic acids is 4. The average molecular weight is 375 g/mol. The standard InChI is InChI=1S/C18H26BN3O5/c23-14-6-7-15(24)12(14)3-1-5-17(25)21-11-9-13(20-10-11)18(26)22-8-2-4-16(22)19-27/h6-7,11-13,16,19-20,27H,1-5,8-10H2,(H,21,25)/t11?,13-,16-/m0/s1. The van der Waals surface area contributed by atoms with Gasteiger partial charge in [-0.25, -0.2) is 0 Å². The molecule has 1 unspecified atom stereocenters. The number of rotatable bonds is 7. The molecule has 2 heterocycles. The number of ketones is 2. The van der Waals surface area contributed by atoms with Crippen molar-refractivity contribution in [2.45, 2.75) is 56.5 Å². The van der Waals surface area contributed by atoms with E-state index in [0.717, 1.165) is 12.8 Å². The molecule has 0 bridgehead atoms. The van der Waals surface area contributed by atoms with Crippen LogP contribution < -0.4 is 10.6 Å². The maximum Gasteiger partial charge on any atom is 0.293 e. The van der Waals surface area contributed by atoms with Crippen molar-refractivity contribution in [3.05, 3.63) is 12.2 Å². The third-order valence-corrected chi connectivity index (χ3v) is 5.66. The minimum atomic E-state index is -0.618. The largest absolute Gasteiger partial charge is 0.452 e. The molecule has 8 nitrogen and oxygen atoms in total. The minimum absolute atomic E-state index is 0.00550. The first-order chi connectivity index (χ1) is 13.0. The molecule has 146 valence electrons. The van der Waals surface area contributed by atoms with Gasteiger partial charge in [0.15, 0.2) is 11.6 Å². The van der Waals surface area contributed by atoms with Crippen LogP contribution in [0.15, 0.2) is 12.2 Å². The highest BCUT2D eigenvalue weighted by Crippen LogP contribution is 2.20. The Hall–Kier alpha value is -2.00. The fourth-order valence-electron chi connectivity index (χ4n) is 4.14. The predicted molar refractivity (Wildman–Crippen MR) is 98.9 cm³/mol. The maximum absolute atomic E-state index is 12.6. The minimum Gasteiger partial charge on any atom is -0.452 e. The summed E-state index contributed by atoms with van der Waals surface area (Å²) in [5.74, 6) is -1.20. The van der Waals surface area contributed by atoms with Crippen molar-refractivity contribution in [2.75, 3.05) is 13.1 Å². The Kier molecular flexibility index (Phi) is 6.44. The molecule has 27 heavy (non-hydrogen) atoms. The van der Waals surface area contributed by atoms with Crippen molar-refractivity contribution in [3.63, 3.8) is 0 Å². The Morgan fingerprint density at radius 2 is 2.04 bits per heavy atom. The van der Waals surface area contributed by atoms with Gasteiger partial charge >= 0.3 is 0 Å². The van der Waals surface area contributed by atoms with Crippen LogP contribution in [-0.2, 0) is 19.2 Å². The van der Waals surface area contributed by atoms with E-state index in [9.17, 15) is 24.2 Å². The predicted octanol–water partition coefficient (Wildman–Crippen LogP) is -1.38. The fourth-order valence-corrected chi connectivity index (χ4v) is 4.14. The number of likely N-dealkylation sites (tertiary alicyclic amines) is 1. The molecule has 2 aliphatic heterocycles. The van der Waals surface area contributed by atoms with Crippen molar-refractivity contribution in [1.29, 1.82) is 0 Å². The number of nitrogens with zero attached hydrogens (tertiary/aromatic N) is 1. The molecule has 3 atom stereocenters. The highest BCUT2D eigenvalue weighted by Gasteiger charge is 2.37. The summed E-state index contributed by atoms with van der Waals surface area (Å²) in [6.45, 7) is 1.20. The summed E-state index contributed by atoms with van der Waals surface area (Å²) in [4.78, 5) is 49.5. The zero-order valence-electron chi connectivity index (χ0n) is 15.4. The van der Waals surface area contributed by atoms with Crippen molar-refractivity contribution in [3.8, 4) is 0 Å². The quantitative estimate of drug-likeness (QED) is 0.373. The zero-order chi connectivity index (χ0) is 19.4. The second kappa shape index (κ2) is 8.80. The van der Waals surface area contributed by atoms with Gasteiger partial charge in [-0.3, -0.25) is 19.2 Å². The van der Waals surface area contributed by atoms with Gasteiger partial charge in [-0.1, -0.05) is 0 Å². The summed E-state index contributed by atoms with van der Waals surface area (Å²) >= 11 is 0. The van der Waals surface area contributed by atoms with E-state index in [1.165, 1.54) is 12.2 Å². The van der Waals surface area contributed by atoms with Crippen LogP contribution in [0.3, 0.4) is 0 Å². The second-order valence-electron chi connectivity index (χ2n) is 7.55. The van der Waals surface area contributed by atoms with E-state index in [1.54, 1.807) is 4.90 Å². The van der Waals surface area contributed by atoms with Gasteiger partial charge in [-0.2, -0.15) is 0 Å². The number of amides is 2. The molecule has 0 aromatic heterocycles. The smallest absolute Gasteiger partial charge is 0.293 e. The average Bonchev–Trinajstić information content (AvgIpc) is 3.37. The van der Waals surface area contributed by atoms with Gasteiger partial charge in [0.25, 0.3) is 7.48 Å². The number of nitrogens with one attached hydrogen (secondary N) is 2. The van der Waals surface area contributed by atoms with E-state index in [4.69, 9.17) is 0 Å². The molecule has 2 amide bonds. The van der Waals surface area contributed by atoms with Gasteiger partial charge in [-0.05, 0) is 44.3 Å². The van der Waals surface area contributed by atoms with E-state index >= 15 is 0 Å². The zero-order valence-corrected chi connectivity index (χ0v) is 15.4. The SMILES string of the molecule is O=C(CCCC1C(=O)C=CC1=O)NC1CN[C@H](C(=O)N2CCC[C@H]2BO)C1. The first-order valence-electron chi connectivity index (χ1n) is 9.69. The molecule has 2 fully saturated rings. The molecule has 0 spiro atoms. The fraction of sp³-hybridized carbons (Fsp3) is 0.667. The van der Waals surface area contributed by atoms with Gasteiger partial charge in [0.2, 0.25) is 11.8 Å². The molecule has 1 aliphatic carbocycles. The van der Waals surface area contributed by atoms with Gasteiger partial charge in [0.1, 0.15) is 0 Å². The monoisotopic (exact) mass is 375 g/mol. The summed E-state index contributed by atoms with van der Waals surface area (Å²) in [6.07, 6.45) is 5.99. The van der Waals surface area contributed by atoms with E-state index < -0.39 is 5.92 Å². The molecule has 0 aromatic carbocycles. The highest BCUT2D eigenvalue weighted by atomic mass is 16.2. The highest BCUT2D eigenvalue weighted by molar-refractivity contribution is 6.28. The van der Waals surface area contributed by atoms with Crippen molar-refractivity contribution in [1.82, 2.24) is 15.5 Å². The van der Waals surface area contributed by atoms with Crippen LogP contribution in [0, 0.1) is 5.92 Å². The lowest BCUT2D eigenvalue weighted by molar-refractivity contribution is -0.133. The summed E-state index contributed by atoms with van der Waals surface area (Å²) in [6, 6.07) is -0.444. The van der Waals surface area contributed by atoms with E-state index in [0.29, 0.717) is 32.4 Å². The second-order valence-corrected chi connectivity index (χ2v) is 7.55. The van der Waals surface area contributed by atoms with Crippen LogP contribution in [0.2, 0.25) is 0 Å². The van der Waals surface area contributed by atoms with E-state index in [1.807, 2.05) is 0 Å². The topological polar surface area (TPSA) is 116 Å². The summed E-state index contributed by atoms with van der Waals surface area (Å²) in [5, 5.41) is 15.5. The number of hydrogen-bond donors (Lipinski definition) is 3. The van der Waals surface area contributed by atoms with Crippen LogP contribution in [0.5, 0.6) is 0 Å². The van der Waals surface area contributed by atoms with Gasteiger partial charge < -0.3 is 20.6 Å². The lowest BCUT2D eigenvalue weighted by Gasteiger charge is -2.25. The third kappa shape index (κ3) is 4.65. The van der Waals surface area contributed by atoms with Crippen LogP contribution >= 0.6 is 0 Å². The van der Waals surface area contributed by atoms with Gasteiger partial charge in [0.05, 0.1) is 12.0 Å². The van der Waals surface area contributed by atoms with Crippen LogP contribution in [0.25, 0.3) is 0 Å². The van der Waals surface area contributed by atoms with Crippen molar-refractivity contribution in [2.24, 2.45) is 5.92 Å². The molecule has 3 N–H and O–H groups in total. The summed E-state index contributed by atoms with van der Waals surface area (Å²) in [5.41, 5.74) is 0. The molecule has 9 heteroatoms. The molecule has 3 aliphatic rings. The summed E-state index contributed by atoms with van der Waals surface area (Å²) < 4.78 is 0. The van der Waals surface area contributed by atoms with Crippen molar-refractivity contribution >= 4 is 30.9 Å². The molecule has 0 radical (unpaired) electrons. The number of allylic oxidation sites excluding steroid dienone is 2. The maximum atomic E-state index is 12.6. The molecular formula is C18H26BN3O5. The van der Waals surface area contributed by atoms with Crippen LogP contribution in [0.4, 0.5) is 0 Å². The van der Waals surface area contributed by atoms with Gasteiger partial charge in [-0.15, -0.1) is 0 Å². The molecule has 2 saturated heterocycles. The Bertz CT molecular complexity index is 635. The first-order valence-corrected chi connectivity index (χ1v) is 9.69. The lowest BCUT2D eigenvalue weighted by atomic mass is 9.86. The summed E-state index contributed by atoms with van der Waals surface area (Å²) in [7, 11) is -0.0137. The van der Waals surface area contributed by atoms with Crippen molar-refractivity contribution < 1.29 is 24.2 Å². The molecular weight excluding hydrogens is 349 g/mol. The Labute approximate surface area is 159 Å². The van der Waals surface area contributed by atoms with Gasteiger partial charge in [0, 0.05) is 31.5 Å².